The third kappa shape index (κ3) is 4.22. The number of likely N-dealkylation sites (tertiary alicyclic amines) is 1. The summed E-state index contributed by atoms with van der Waals surface area (Å²) in [6.07, 6.45) is 4.22. The molecule has 3 rings (SSSR count). The second kappa shape index (κ2) is 8.03. The molecule has 0 spiro atoms. The lowest BCUT2D eigenvalue weighted by atomic mass is 10.0. The molecule has 0 aliphatic carbocycles. The largest absolute Gasteiger partial charge is 0.361 e. The maximum Gasteiger partial charge on any atom is 0.243 e. The SMILES string of the molecule is CC(=O)NC(Cc1c[nH]c2ccccc12)C(=O)NCC(=O)N1CCCC1. The smallest absolute Gasteiger partial charge is 0.243 e. The summed E-state index contributed by atoms with van der Waals surface area (Å²) in [5.74, 6) is -0.710. The van der Waals surface area contributed by atoms with E-state index in [1.54, 1.807) is 4.90 Å². The second-order valence-electron chi connectivity index (χ2n) is 6.62. The molecule has 1 aliphatic heterocycles. The van der Waals surface area contributed by atoms with Crippen molar-refractivity contribution in [1.29, 1.82) is 0 Å². The highest BCUT2D eigenvalue weighted by atomic mass is 16.2. The lowest BCUT2D eigenvalue weighted by Crippen LogP contribution is -2.49. The van der Waals surface area contributed by atoms with Gasteiger partial charge in [0.25, 0.3) is 0 Å². The zero-order valence-electron chi connectivity index (χ0n) is 14.9. The Morgan fingerprint density at radius 2 is 1.92 bits per heavy atom. The molecule has 0 bridgehead atoms. The lowest BCUT2D eigenvalue weighted by Gasteiger charge is -2.19. The fraction of sp³-hybridized carbons (Fsp3) is 0.421. The molecule has 1 unspecified atom stereocenters. The summed E-state index contributed by atoms with van der Waals surface area (Å²) in [7, 11) is 0. The third-order valence-corrected chi connectivity index (χ3v) is 4.67. The Hall–Kier alpha value is -2.83. The number of para-hydroxylation sites is 1. The molecule has 2 heterocycles. The minimum absolute atomic E-state index is 0.0389. The van der Waals surface area contributed by atoms with Gasteiger partial charge in [0.05, 0.1) is 6.54 Å². The fourth-order valence-corrected chi connectivity index (χ4v) is 3.34. The maximum atomic E-state index is 12.6. The summed E-state index contributed by atoms with van der Waals surface area (Å²) < 4.78 is 0. The highest BCUT2D eigenvalue weighted by molar-refractivity contribution is 5.91. The summed E-state index contributed by atoms with van der Waals surface area (Å²) in [6, 6.07) is 7.08. The molecule has 1 aliphatic rings. The van der Waals surface area contributed by atoms with Crippen molar-refractivity contribution in [2.24, 2.45) is 0 Å². The molecule has 26 heavy (non-hydrogen) atoms. The van der Waals surface area contributed by atoms with Gasteiger partial charge in [-0.05, 0) is 24.5 Å². The van der Waals surface area contributed by atoms with Crippen LogP contribution < -0.4 is 10.6 Å². The molecule has 1 aromatic carbocycles. The Morgan fingerprint density at radius 1 is 1.19 bits per heavy atom. The van der Waals surface area contributed by atoms with Crippen LogP contribution >= 0.6 is 0 Å². The van der Waals surface area contributed by atoms with Crippen molar-refractivity contribution in [2.75, 3.05) is 19.6 Å². The minimum Gasteiger partial charge on any atom is -0.361 e. The number of aromatic nitrogens is 1. The number of amides is 3. The first kappa shape index (κ1) is 18.0. The summed E-state index contributed by atoms with van der Waals surface area (Å²) in [4.78, 5) is 41.1. The van der Waals surface area contributed by atoms with Crippen LogP contribution in [-0.4, -0.2) is 53.3 Å². The molecule has 138 valence electrons. The predicted octanol–water partition coefficient (Wildman–Crippen LogP) is 0.954. The van der Waals surface area contributed by atoms with Gasteiger partial charge in [-0.1, -0.05) is 18.2 Å². The van der Waals surface area contributed by atoms with Crippen molar-refractivity contribution >= 4 is 28.6 Å². The van der Waals surface area contributed by atoms with E-state index in [4.69, 9.17) is 0 Å². The van der Waals surface area contributed by atoms with Crippen molar-refractivity contribution in [3.8, 4) is 0 Å². The van der Waals surface area contributed by atoms with Crippen LogP contribution in [0.2, 0.25) is 0 Å². The van der Waals surface area contributed by atoms with Crippen molar-refractivity contribution in [3.63, 3.8) is 0 Å². The Labute approximate surface area is 152 Å². The van der Waals surface area contributed by atoms with Gasteiger partial charge >= 0.3 is 0 Å². The van der Waals surface area contributed by atoms with E-state index in [0.29, 0.717) is 6.42 Å². The second-order valence-corrected chi connectivity index (χ2v) is 6.62. The number of fused-ring (bicyclic) bond motifs is 1. The molecule has 1 aromatic heterocycles. The summed E-state index contributed by atoms with van der Waals surface area (Å²) in [5, 5.41) is 6.37. The van der Waals surface area contributed by atoms with Gasteiger partial charge in [0.2, 0.25) is 17.7 Å². The van der Waals surface area contributed by atoms with Crippen LogP contribution in [0.1, 0.15) is 25.3 Å². The van der Waals surface area contributed by atoms with Gasteiger partial charge in [-0.25, -0.2) is 0 Å². The number of carbonyl (C=O) groups is 3. The van der Waals surface area contributed by atoms with Gasteiger partial charge in [-0.15, -0.1) is 0 Å². The van der Waals surface area contributed by atoms with E-state index in [9.17, 15) is 14.4 Å². The van der Waals surface area contributed by atoms with E-state index >= 15 is 0 Å². The zero-order valence-corrected chi connectivity index (χ0v) is 14.9. The van der Waals surface area contributed by atoms with Gasteiger partial charge < -0.3 is 20.5 Å². The summed E-state index contributed by atoms with van der Waals surface area (Å²) in [6.45, 7) is 2.84. The quantitative estimate of drug-likeness (QED) is 0.719. The number of hydrogen-bond acceptors (Lipinski definition) is 3. The first-order chi connectivity index (χ1) is 12.5. The van der Waals surface area contributed by atoms with Crippen LogP contribution in [0, 0.1) is 0 Å². The van der Waals surface area contributed by atoms with Crippen LogP contribution in [0.25, 0.3) is 10.9 Å². The van der Waals surface area contributed by atoms with Crippen molar-refractivity contribution in [2.45, 2.75) is 32.2 Å². The Bertz CT molecular complexity index is 808. The standard InChI is InChI=1S/C19H24N4O3/c1-13(24)22-17(10-14-11-20-16-7-3-2-6-15(14)16)19(26)21-12-18(25)23-8-4-5-9-23/h2-3,6-7,11,17,20H,4-5,8-10,12H2,1H3,(H,21,26)(H,22,24). The van der Waals surface area contributed by atoms with Gasteiger partial charge in [0.1, 0.15) is 6.04 Å². The molecule has 0 saturated carbocycles. The Morgan fingerprint density at radius 3 is 2.65 bits per heavy atom. The third-order valence-electron chi connectivity index (χ3n) is 4.67. The van der Waals surface area contributed by atoms with E-state index in [-0.39, 0.29) is 24.3 Å². The van der Waals surface area contributed by atoms with Gasteiger partial charge in [0, 0.05) is 43.5 Å². The highest BCUT2D eigenvalue weighted by Gasteiger charge is 2.23. The molecule has 3 N–H and O–H groups in total. The van der Waals surface area contributed by atoms with E-state index in [2.05, 4.69) is 15.6 Å². The monoisotopic (exact) mass is 356 g/mol. The number of benzene rings is 1. The van der Waals surface area contributed by atoms with Gasteiger partial charge in [-0.2, -0.15) is 0 Å². The van der Waals surface area contributed by atoms with Crippen molar-refractivity contribution in [1.82, 2.24) is 20.5 Å². The van der Waals surface area contributed by atoms with E-state index < -0.39 is 6.04 Å². The average molecular weight is 356 g/mol. The molecule has 3 amide bonds. The van der Waals surface area contributed by atoms with Crippen molar-refractivity contribution in [3.05, 3.63) is 36.0 Å². The lowest BCUT2D eigenvalue weighted by molar-refractivity contribution is -0.133. The molecule has 7 heteroatoms. The number of nitrogens with zero attached hydrogens (tertiary/aromatic N) is 1. The highest BCUT2D eigenvalue weighted by Crippen LogP contribution is 2.19. The average Bonchev–Trinajstić information content (AvgIpc) is 3.29. The summed E-state index contributed by atoms with van der Waals surface area (Å²) in [5.41, 5.74) is 1.93. The van der Waals surface area contributed by atoms with Crippen LogP contribution in [0.5, 0.6) is 0 Å². The number of nitrogens with one attached hydrogen (secondary N) is 3. The fourth-order valence-electron chi connectivity index (χ4n) is 3.34. The number of aromatic amines is 1. The molecule has 2 aromatic rings. The van der Waals surface area contributed by atoms with Crippen LogP contribution in [-0.2, 0) is 20.8 Å². The molecular weight excluding hydrogens is 332 g/mol. The van der Waals surface area contributed by atoms with Crippen molar-refractivity contribution < 1.29 is 14.4 Å². The van der Waals surface area contributed by atoms with Crippen LogP contribution in [0.3, 0.4) is 0 Å². The molecular formula is C19H24N4O3. The summed E-state index contributed by atoms with van der Waals surface area (Å²) >= 11 is 0. The van der Waals surface area contributed by atoms with Crippen LogP contribution in [0.4, 0.5) is 0 Å². The first-order valence-corrected chi connectivity index (χ1v) is 8.92. The molecule has 7 nitrogen and oxygen atoms in total. The normalized spacial score (nSPS) is 15.0. The van der Waals surface area contributed by atoms with E-state index in [1.807, 2.05) is 30.5 Å². The minimum atomic E-state index is -0.724. The predicted molar refractivity (Wildman–Crippen MR) is 98.4 cm³/mol. The Kier molecular flexibility index (Phi) is 5.55. The molecule has 1 fully saturated rings. The van der Waals surface area contributed by atoms with E-state index in [1.165, 1.54) is 6.92 Å². The first-order valence-electron chi connectivity index (χ1n) is 8.92. The Balaban J connectivity index is 1.65. The maximum absolute atomic E-state index is 12.6. The molecule has 1 atom stereocenters. The number of carbonyl (C=O) groups excluding carboxylic acids is 3. The van der Waals surface area contributed by atoms with E-state index in [0.717, 1.165) is 42.4 Å². The van der Waals surface area contributed by atoms with Crippen LogP contribution in [0.15, 0.2) is 30.5 Å². The number of hydrogen-bond donors (Lipinski definition) is 3. The molecule has 0 radical (unpaired) electrons. The number of H-pyrrole nitrogens is 1. The van der Waals surface area contributed by atoms with Gasteiger partial charge in [-0.3, -0.25) is 14.4 Å². The molecule has 1 saturated heterocycles. The number of rotatable bonds is 6. The topological polar surface area (TPSA) is 94.3 Å². The zero-order chi connectivity index (χ0) is 18.5. The van der Waals surface area contributed by atoms with Gasteiger partial charge in [0.15, 0.2) is 0 Å².